The van der Waals surface area contributed by atoms with Crippen molar-refractivity contribution >= 4 is 32.2 Å². The zero-order chi connectivity index (χ0) is 17.1. The average Bonchev–Trinajstić information content (AvgIpc) is 2.60. The fraction of sp³-hybridized carbons (Fsp3) is 0.263. The lowest BCUT2D eigenvalue weighted by atomic mass is 10.2. The first-order chi connectivity index (χ1) is 11.6. The van der Waals surface area contributed by atoms with Crippen LogP contribution in [0.2, 0.25) is 0 Å². The Balaban J connectivity index is 2.17. The third-order valence-electron chi connectivity index (χ3n) is 3.82. The van der Waals surface area contributed by atoms with Gasteiger partial charge in [-0.15, -0.1) is 0 Å². The second kappa shape index (κ2) is 7.01. The second-order valence-corrected chi connectivity index (χ2v) is 6.63. The zero-order valence-electron chi connectivity index (χ0n) is 14.1. The molecule has 0 aliphatic heterocycles. The highest BCUT2D eigenvalue weighted by Gasteiger charge is 2.17. The van der Waals surface area contributed by atoms with Gasteiger partial charge in [-0.1, -0.05) is 36.5 Å². The van der Waals surface area contributed by atoms with E-state index in [-0.39, 0.29) is 5.56 Å². The van der Waals surface area contributed by atoms with Crippen LogP contribution in [0, 0.1) is 6.92 Å². The van der Waals surface area contributed by atoms with E-state index >= 15 is 0 Å². The Hall–Kier alpha value is -2.40. The molecule has 1 aromatic heterocycles. The lowest BCUT2D eigenvalue weighted by Gasteiger charge is -2.24. The Labute approximate surface area is 145 Å². The molecule has 0 aliphatic rings. The van der Waals surface area contributed by atoms with E-state index < -0.39 is 0 Å². The number of ether oxygens (including phenoxy) is 1. The van der Waals surface area contributed by atoms with Crippen molar-refractivity contribution in [1.82, 2.24) is 4.98 Å². The molecule has 0 bridgehead atoms. The highest BCUT2D eigenvalue weighted by molar-refractivity contribution is 7.21. The number of anilines is 2. The standard InChI is InChI=1S/C19H20N2O2S/c1-4-11-21(15-10-9-13(2)12-16(15)23-3)19-20-18(22)14-7-5-6-8-17(14)24-19/h5-10,12H,4,11H2,1-3H3. The average molecular weight is 340 g/mol. The van der Waals surface area contributed by atoms with Crippen LogP contribution in [0.15, 0.2) is 47.3 Å². The van der Waals surface area contributed by atoms with Gasteiger partial charge in [0.15, 0.2) is 5.13 Å². The van der Waals surface area contributed by atoms with Crippen LogP contribution in [0.3, 0.4) is 0 Å². The van der Waals surface area contributed by atoms with Gasteiger partial charge in [0.25, 0.3) is 5.56 Å². The number of benzene rings is 2. The van der Waals surface area contributed by atoms with Crippen molar-refractivity contribution in [3.63, 3.8) is 0 Å². The van der Waals surface area contributed by atoms with E-state index in [1.807, 2.05) is 49.4 Å². The number of fused-ring (bicyclic) bond motifs is 1. The highest BCUT2D eigenvalue weighted by atomic mass is 32.1. The largest absolute Gasteiger partial charge is 0.495 e. The normalized spacial score (nSPS) is 10.8. The molecule has 0 N–H and O–H groups in total. The predicted molar refractivity (Wildman–Crippen MR) is 101 cm³/mol. The first-order valence-electron chi connectivity index (χ1n) is 7.96. The Morgan fingerprint density at radius 3 is 2.75 bits per heavy atom. The Morgan fingerprint density at radius 2 is 2.00 bits per heavy atom. The lowest BCUT2D eigenvalue weighted by molar-refractivity contribution is 0.415. The van der Waals surface area contributed by atoms with Crippen LogP contribution in [0.5, 0.6) is 5.75 Å². The molecular weight excluding hydrogens is 320 g/mol. The molecule has 124 valence electrons. The molecule has 3 aromatic rings. The van der Waals surface area contributed by atoms with Gasteiger partial charge in [-0.3, -0.25) is 4.79 Å². The summed E-state index contributed by atoms with van der Waals surface area (Å²) in [6.07, 6.45) is 0.937. The molecule has 0 radical (unpaired) electrons. The van der Waals surface area contributed by atoms with Crippen LogP contribution in [0.25, 0.3) is 10.1 Å². The number of rotatable bonds is 5. The monoisotopic (exact) mass is 340 g/mol. The van der Waals surface area contributed by atoms with Gasteiger partial charge in [-0.05, 0) is 43.2 Å². The molecule has 5 heteroatoms. The molecule has 0 amide bonds. The van der Waals surface area contributed by atoms with E-state index in [4.69, 9.17) is 4.74 Å². The number of aryl methyl sites for hydroxylation is 1. The second-order valence-electron chi connectivity index (χ2n) is 5.62. The van der Waals surface area contributed by atoms with Crippen molar-refractivity contribution in [3.8, 4) is 5.75 Å². The molecule has 0 atom stereocenters. The van der Waals surface area contributed by atoms with Crippen molar-refractivity contribution in [2.75, 3.05) is 18.6 Å². The summed E-state index contributed by atoms with van der Waals surface area (Å²) in [5, 5.41) is 1.36. The molecular formula is C19H20N2O2S. The van der Waals surface area contributed by atoms with Gasteiger partial charge in [0, 0.05) is 11.2 Å². The summed E-state index contributed by atoms with van der Waals surface area (Å²) in [6, 6.07) is 13.7. The van der Waals surface area contributed by atoms with E-state index in [0.717, 1.165) is 34.7 Å². The molecule has 2 aromatic carbocycles. The Kier molecular flexibility index (Phi) is 4.81. The lowest BCUT2D eigenvalue weighted by Crippen LogP contribution is -2.21. The first-order valence-corrected chi connectivity index (χ1v) is 8.77. The molecule has 0 fully saturated rings. The van der Waals surface area contributed by atoms with Gasteiger partial charge in [0.2, 0.25) is 0 Å². The van der Waals surface area contributed by atoms with E-state index in [1.165, 1.54) is 11.3 Å². The van der Waals surface area contributed by atoms with E-state index in [9.17, 15) is 4.79 Å². The van der Waals surface area contributed by atoms with Crippen LogP contribution in [0.4, 0.5) is 10.8 Å². The maximum absolute atomic E-state index is 12.4. The minimum atomic E-state index is -0.188. The molecule has 4 nitrogen and oxygen atoms in total. The Bertz CT molecular complexity index is 921. The van der Waals surface area contributed by atoms with Gasteiger partial charge in [-0.2, -0.15) is 4.98 Å². The zero-order valence-corrected chi connectivity index (χ0v) is 14.9. The molecule has 0 aliphatic carbocycles. The fourth-order valence-corrected chi connectivity index (χ4v) is 3.70. The first kappa shape index (κ1) is 16.5. The van der Waals surface area contributed by atoms with Crippen molar-refractivity contribution in [2.45, 2.75) is 20.3 Å². The maximum atomic E-state index is 12.4. The van der Waals surface area contributed by atoms with E-state index in [2.05, 4.69) is 16.8 Å². The van der Waals surface area contributed by atoms with Crippen LogP contribution in [0.1, 0.15) is 18.9 Å². The summed E-state index contributed by atoms with van der Waals surface area (Å²) < 4.78 is 6.49. The van der Waals surface area contributed by atoms with E-state index in [1.54, 1.807) is 7.11 Å². The summed E-state index contributed by atoms with van der Waals surface area (Å²) >= 11 is 1.53. The number of hydrogen-bond donors (Lipinski definition) is 0. The number of hydrogen-bond acceptors (Lipinski definition) is 5. The molecule has 1 heterocycles. The minimum Gasteiger partial charge on any atom is -0.495 e. The van der Waals surface area contributed by atoms with Crippen molar-refractivity contribution in [1.29, 1.82) is 0 Å². The summed E-state index contributed by atoms with van der Waals surface area (Å²) in [4.78, 5) is 18.8. The molecule has 0 spiro atoms. The van der Waals surface area contributed by atoms with Crippen molar-refractivity contribution in [3.05, 3.63) is 58.4 Å². The SMILES string of the molecule is CCCN(c1nc(=O)c2ccccc2s1)c1ccc(C)cc1OC. The molecule has 24 heavy (non-hydrogen) atoms. The summed E-state index contributed by atoms with van der Waals surface area (Å²) in [7, 11) is 1.67. The minimum absolute atomic E-state index is 0.188. The highest BCUT2D eigenvalue weighted by Crippen LogP contribution is 2.36. The smallest absolute Gasteiger partial charge is 0.281 e. The maximum Gasteiger partial charge on any atom is 0.281 e. The van der Waals surface area contributed by atoms with Crippen LogP contribution in [-0.4, -0.2) is 18.6 Å². The van der Waals surface area contributed by atoms with Crippen LogP contribution < -0.4 is 15.2 Å². The van der Waals surface area contributed by atoms with Crippen LogP contribution >= 0.6 is 11.3 Å². The fourth-order valence-electron chi connectivity index (χ4n) is 2.67. The van der Waals surface area contributed by atoms with Gasteiger partial charge < -0.3 is 9.64 Å². The van der Waals surface area contributed by atoms with Gasteiger partial charge in [0.05, 0.1) is 18.2 Å². The summed E-state index contributed by atoms with van der Waals surface area (Å²) in [6.45, 7) is 4.90. The summed E-state index contributed by atoms with van der Waals surface area (Å²) in [5.41, 5.74) is 1.88. The molecule has 0 unspecified atom stereocenters. The third-order valence-corrected chi connectivity index (χ3v) is 4.89. The van der Waals surface area contributed by atoms with Crippen LogP contribution in [-0.2, 0) is 0 Å². The van der Waals surface area contributed by atoms with E-state index in [0.29, 0.717) is 10.5 Å². The number of nitrogens with zero attached hydrogens (tertiary/aromatic N) is 2. The van der Waals surface area contributed by atoms with Gasteiger partial charge >= 0.3 is 0 Å². The van der Waals surface area contributed by atoms with Gasteiger partial charge in [-0.25, -0.2) is 0 Å². The number of methoxy groups -OCH3 is 1. The van der Waals surface area contributed by atoms with Crippen molar-refractivity contribution < 1.29 is 4.74 Å². The van der Waals surface area contributed by atoms with Crippen molar-refractivity contribution in [2.24, 2.45) is 0 Å². The topological polar surface area (TPSA) is 42.4 Å². The Morgan fingerprint density at radius 1 is 1.21 bits per heavy atom. The third kappa shape index (κ3) is 3.12. The number of aromatic nitrogens is 1. The quantitative estimate of drug-likeness (QED) is 0.685. The molecule has 0 saturated heterocycles. The molecule has 0 saturated carbocycles. The van der Waals surface area contributed by atoms with Gasteiger partial charge in [0.1, 0.15) is 5.75 Å². The molecule has 3 rings (SSSR count). The predicted octanol–water partition coefficient (Wildman–Crippen LogP) is 4.52. The summed E-state index contributed by atoms with van der Waals surface area (Å²) in [5.74, 6) is 0.790.